The molecule has 0 aromatic heterocycles. The quantitative estimate of drug-likeness (QED) is 0.443. The number of benzene rings is 1. The van der Waals surface area contributed by atoms with Crippen LogP contribution in [0.15, 0.2) is 18.2 Å². The lowest BCUT2D eigenvalue weighted by Crippen LogP contribution is -2.15. The van der Waals surface area contributed by atoms with Crippen molar-refractivity contribution in [1.82, 2.24) is 0 Å². The van der Waals surface area contributed by atoms with Gasteiger partial charge in [-0.1, -0.05) is 18.4 Å². The molecular formula is C7H9BFN. The van der Waals surface area contributed by atoms with Crippen LogP contribution in [0.25, 0.3) is 0 Å². The van der Waals surface area contributed by atoms with Crippen LogP contribution in [0.2, 0.25) is 6.82 Å². The first-order chi connectivity index (χ1) is 4.74. The van der Waals surface area contributed by atoms with Crippen LogP contribution < -0.4 is 11.2 Å². The number of nitrogen functional groups attached to an aromatic ring is 1. The molecule has 0 aliphatic heterocycles. The summed E-state index contributed by atoms with van der Waals surface area (Å²) in [6, 6.07) is 4.48. The molecule has 0 unspecified atom stereocenters. The second kappa shape index (κ2) is 2.73. The van der Waals surface area contributed by atoms with Gasteiger partial charge in [0.05, 0.1) is 0 Å². The highest BCUT2D eigenvalue weighted by atomic mass is 19.1. The fourth-order valence-electron chi connectivity index (χ4n) is 0.888. The van der Waals surface area contributed by atoms with Crippen LogP contribution in [0.3, 0.4) is 0 Å². The van der Waals surface area contributed by atoms with Gasteiger partial charge >= 0.3 is 0 Å². The Morgan fingerprint density at radius 1 is 1.50 bits per heavy atom. The van der Waals surface area contributed by atoms with Crippen molar-refractivity contribution in [3.8, 4) is 0 Å². The van der Waals surface area contributed by atoms with Crippen molar-refractivity contribution in [2.75, 3.05) is 5.73 Å². The van der Waals surface area contributed by atoms with Crippen LogP contribution in [0.1, 0.15) is 0 Å². The lowest BCUT2D eigenvalue weighted by atomic mass is 9.72. The van der Waals surface area contributed by atoms with Crippen molar-refractivity contribution >= 4 is 18.4 Å². The lowest BCUT2D eigenvalue weighted by molar-refractivity contribution is 0.629. The molecule has 0 fully saturated rings. The van der Waals surface area contributed by atoms with Crippen LogP contribution in [0.5, 0.6) is 0 Å². The minimum atomic E-state index is -0.269. The maximum atomic E-state index is 12.4. The molecule has 3 heteroatoms. The molecule has 1 nitrogen and oxygen atoms in total. The van der Waals surface area contributed by atoms with Gasteiger partial charge in [0.1, 0.15) is 5.82 Å². The van der Waals surface area contributed by atoms with Crippen LogP contribution in [-0.2, 0) is 0 Å². The zero-order chi connectivity index (χ0) is 7.56. The van der Waals surface area contributed by atoms with Crippen LogP contribution in [0, 0.1) is 5.82 Å². The minimum absolute atomic E-state index is 0.269. The van der Waals surface area contributed by atoms with Crippen LogP contribution in [0.4, 0.5) is 10.1 Å². The highest BCUT2D eigenvalue weighted by Crippen LogP contribution is 2.01. The molecule has 0 amide bonds. The molecule has 0 spiro atoms. The van der Waals surface area contributed by atoms with Gasteiger partial charge in [0.2, 0.25) is 0 Å². The monoisotopic (exact) mass is 137 g/mol. The van der Waals surface area contributed by atoms with Crippen molar-refractivity contribution in [3.63, 3.8) is 0 Å². The molecule has 52 valence electrons. The fraction of sp³-hybridized carbons (Fsp3) is 0.143. The van der Waals surface area contributed by atoms with Gasteiger partial charge in [0, 0.05) is 5.69 Å². The third kappa shape index (κ3) is 1.29. The summed E-state index contributed by atoms with van der Waals surface area (Å²) >= 11 is 0. The van der Waals surface area contributed by atoms with Gasteiger partial charge < -0.3 is 5.73 Å². The summed E-state index contributed by atoms with van der Waals surface area (Å²) in [7, 11) is 0.853. The largest absolute Gasteiger partial charge is 0.399 e. The first-order valence-corrected chi connectivity index (χ1v) is 3.28. The van der Waals surface area contributed by atoms with E-state index in [9.17, 15) is 4.39 Å². The molecule has 1 aromatic rings. The van der Waals surface area contributed by atoms with Gasteiger partial charge in [-0.25, -0.2) is 4.39 Å². The first-order valence-electron chi connectivity index (χ1n) is 3.28. The van der Waals surface area contributed by atoms with Gasteiger partial charge in [-0.2, -0.15) is 0 Å². The molecule has 1 rings (SSSR count). The average Bonchev–Trinajstić information content (AvgIpc) is 1.88. The molecule has 0 saturated heterocycles. The van der Waals surface area contributed by atoms with E-state index >= 15 is 0 Å². The number of anilines is 1. The molecule has 0 bridgehead atoms. The Labute approximate surface area is 60.3 Å². The van der Waals surface area contributed by atoms with Gasteiger partial charge in [0.25, 0.3) is 0 Å². The number of nitrogens with two attached hydrogens (primary N) is 1. The summed E-state index contributed by atoms with van der Waals surface area (Å²) < 4.78 is 12.4. The van der Waals surface area contributed by atoms with Crippen molar-refractivity contribution < 1.29 is 4.39 Å². The molecule has 1 aromatic carbocycles. The Morgan fingerprint density at radius 3 is 2.70 bits per heavy atom. The zero-order valence-electron chi connectivity index (χ0n) is 5.89. The Kier molecular flexibility index (Phi) is 1.95. The SMILES string of the molecule is CBc1ccc(F)cc1N. The van der Waals surface area contributed by atoms with E-state index in [0.29, 0.717) is 5.69 Å². The standard InChI is InChI=1S/C7H9BFN/c1-8-6-3-2-5(9)4-7(6)10/h2-4,8H,10H2,1H3. The van der Waals surface area contributed by atoms with Crippen molar-refractivity contribution in [2.24, 2.45) is 0 Å². The van der Waals surface area contributed by atoms with Crippen molar-refractivity contribution in [3.05, 3.63) is 24.0 Å². The molecule has 0 atom stereocenters. The van der Waals surface area contributed by atoms with Gasteiger partial charge in [0.15, 0.2) is 7.28 Å². The van der Waals surface area contributed by atoms with E-state index in [2.05, 4.69) is 0 Å². The maximum Gasteiger partial charge on any atom is 0.157 e. The third-order valence-corrected chi connectivity index (χ3v) is 1.49. The van der Waals surface area contributed by atoms with Crippen molar-refractivity contribution in [1.29, 1.82) is 0 Å². The second-order valence-electron chi connectivity index (χ2n) is 2.20. The number of halogens is 1. The highest BCUT2D eigenvalue weighted by molar-refractivity contribution is 6.54. The Morgan fingerprint density at radius 2 is 2.20 bits per heavy atom. The van der Waals surface area contributed by atoms with Crippen LogP contribution in [-0.4, -0.2) is 7.28 Å². The molecule has 0 aliphatic rings. The van der Waals surface area contributed by atoms with Gasteiger partial charge in [-0.15, -0.1) is 0 Å². The predicted octanol–water partition coefficient (Wildman–Crippen LogP) is 0.518. The smallest absolute Gasteiger partial charge is 0.157 e. The average molecular weight is 137 g/mol. The molecule has 2 N–H and O–H groups in total. The molecule has 10 heavy (non-hydrogen) atoms. The van der Waals surface area contributed by atoms with E-state index in [0.717, 1.165) is 12.7 Å². The first kappa shape index (κ1) is 7.13. The maximum absolute atomic E-state index is 12.4. The second-order valence-corrected chi connectivity index (χ2v) is 2.20. The molecule has 0 saturated carbocycles. The summed E-state index contributed by atoms with van der Waals surface area (Å²) in [4.78, 5) is 0. The summed E-state index contributed by atoms with van der Waals surface area (Å²) in [6.45, 7) is 1.99. The Hall–Kier alpha value is -0.985. The van der Waals surface area contributed by atoms with E-state index in [1.165, 1.54) is 12.1 Å². The molecule has 0 heterocycles. The van der Waals surface area contributed by atoms with E-state index in [-0.39, 0.29) is 5.82 Å². The summed E-state index contributed by atoms with van der Waals surface area (Å²) in [5, 5.41) is 0. The topological polar surface area (TPSA) is 26.0 Å². The summed E-state index contributed by atoms with van der Waals surface area (Å²) in [5.41, 5.74) is 7.04. The normalized spacial score (nSPS) is 9.40. The fourth-order valence-corrected chi connectivity index (χ4v) is 0.888. The zero-order valence-corrected chi connectivity index (χ0v) is 5.89. The Bertz CT molecular complexity index is 237. The Balaban J connectivity index is 3.07. The van der Waals surface area contributed by atoms with E-state index < -0.39 is 0 Å². The number of rotatable bonds is 1. The van der Waals surface area contributed by atoms with Crippen molar-refractivity contribution in [2.45, 2.75) is 6.82 Å². The summed E-state index contributed by atoms with van der Waals surface area (Å²) in [6.07, 6.45) is 0. The number of hydrogen-bond donors (Lipinski definition) is 1. The van der Waals surface area contributed by atoms with Gasteiger partial charge in [-0.05, 0) is 12.1 Å². The minimum Gasteiger partial charge on any atom is -0.399 e. The molecule has 0 aliphatic carbocycles. The third-order valence-electron chi connectivity index (χ3n) is 1.49. The van der Waals surface area contributed by atoms with Gasteiger partial charge in [-0.3, -0.25) is 0 Å². The highest BCUT2D eigenvalue weighted by Gasteiger charge is 1.97. The lowest BCUT2D eigenvalue weighted by Gasteiger charge is -1.99. The van der Waals surface area contributed by atoms with E-state index in [1.807, 2.05) is 6.82 Å². The molecule has 0 radical (unpaired) electrons. The molecular weight excluding hydrogens is 128 g/mol. The van der Waals surface area contributed by atoms with Crippen LogP contribution >= 0.6 is 0 Å². The number of hydrogen-bond acceptors (Lipinski definition) is 1. The van der Waals surface area contributed by atoms with E-state index in [1.54, 1.807) is 6.07 Å². The van der Waals surface area contributed by atoms with E-state index in [4.69, 9.17) is 5.73 Å². The predicted molar refractivity (Wildman–Crippen MR) is 43.5 cm³/mol. The summed E-state index contributed by atoms with van der Waals surface area (Å²) in [5.74, 6) is -0.269.